The molecule has 0 saturated heterocycles. The molecule has 0 saturated carbocycles. The number of hydrogen-bond donors (Lipinski definition) is 1. The lowest BCUT2D eigenvalue weighted by molar-refractivity contribution is -0.139. The smallest absolute Gasteiger partial charge is 0.242 e. The van der Waals surface area contributed by atoms with Gasteiger partial charge in [0.15, 0.2) is 0 Å². The van der Waals surface area contributed by atoms with Gasteiger partial charge in [-0.25, -0.2) is 4.39 Å². The number of aryl methyl sites for hydroxylation is 2. The molecule has 34 heavy (non-hydrogen) atoms. The zero-order valence-corrected chi connectivity index (χ0v) is 20.7. The van der Waals surface area contributed by atoms with Gasteiger partial charge in [0.05, 0.1) is 5.75 Å². The molecule has 3 rings (SSSR count). The van der Waals surface area contributed by atoms with E-state index in [-0.39, 0.29) is 29.9 Å². The molecule has 0 aliphatic heterocycles. The van der Waals surface area contributed by atoms with Crippen LogP contribution in [-0.2, 0) is 28.3 Å². The monoisotopic (exact) mass is 478 g/mol. The molecule has 178 valence electrons. The fraction of sp³-hybridized carbons (Fsp3) is 0.286. The van der Waals surface area contributed by atoms with E-state index in [0.717, 1.165) is 11.1 Å². The summed E-state index contributed by atoms with van der Waals surface area (Å²) in [6, 6.07) is 21.4. The van der Waals surface area contributed by atoms with Gasteiger partial charge in [0, 0.05) is 25.8 Å². The highest BCUT2D eigenvalue weighted by molar-refractivity contribution is 7.99. The van der Waals surface area contributed by atoms with Crippen molar-refractivity contribution in [2.75, 3.05) is 12.8 Å². The van der Waals surface area contributed by atoms with Gasteiger partial charge in [-0.05, 0) is 42.7 Å². The van der Waals surface area contributed by atoms with Crippen LogP contribution in [0.15, 0.2) is 72.8 Å². The summed E-state index contributed by atoms with van der Waals surface area (Å²) in [6.45, 7) is 4.36. The molecule has 2 amide bonds. The van der Waals surface area contributed by atoms with Gasteiger partial charge in [0.2, 0.25) is 11.8 Å². The number of halogens is 1. The summed E-state index contributed by atoms with van der Waals surface area (Å²) in [6.07, 6.45) is 0.398. The first-order valence-corrected chi connectivity index (χ1v) is 12.5. The average molecular weight is 479 g/mol. The number of amides is 2. The Kier molecular flexibility index (Phi) is 9.28. The van der Waals surface area contributed by atoms with Crippen LogP contribution in [0.3, 0.4) is 0 Å². The maximum Gasteiger partial charge on any atom is 0.242 e. The van der Waals surface area contributed by atoms with Crippen LogP contribution in [0.5, 0.6) is 0 Å². The molecular weight excluding hydrogens is 447 g/mol. The third-order valence-corrected chi connectivity index (χ3v) is 6.55. The van der Waals surface area contributed by atoms with E-state index in [9.17, 15) is 14.0 Å². The van der Waals surface area contributed by atoms with Crippen LogP contribution in [0.4, 0.5) is 4.39 Å². The molecule has 0 aliphatic carbocycles. The van der Waals surface area contributed by atoms with Crippen LogP contribution in [-0.4, -0.2) is 35.6 Å². The van der Waals surface area contributed by atoms with E-state index < -0.39 is 6.04 Å². The second-order valence-corrected chi connectivity index (χ2v) is 9.44. The Bertz CT molecular complexity index is 1080. The van der Waals surface area contributed by atoms with E-state index in [4.69, 9.17) is 0 Å². The van der Waals surface area contributed by atoms with Gasteiger partial charge >= 0.3 is 0 Å². The number of rotatable bonds is 10. The first-order valence-electron chi connectivity index (χ1n) is 11.3. The highest BCUT2D eigenvalue weighted by Gasteiger charge is 2.29. The van der Waals surface area contributed by atoms with Crippen LogP contribution in [0.25, 0.3) is 0 Å². The Balaban J connectivity index is 1.80. The van der Waals surface area contributed by atoms with E-state index in [1.165, 1.54) is 40.6 Å². The lowest BCUT2D eigenvalue weighted by atomic mass is 10.0. The van der Waals surface area contributed by atoms with Crippen molar-refractivity contribution in [3.8, 4) is 0 Å². The Morgan fingerprint density at radius 2 is 1.56 bits per heavy atom. The summed E-state index contributed by atoms with van der Waals surface area (Å²) in [5.74, 6) is 0.276. The van der Waals surface area contributed by atoms with E-state index in [2.05, 4.69) is 37.4 Å². The van der Waals surface area contributed by atoms with Gasteiger partial charge in [-0.15, -0.1) is 11.8 Å². The van der Waals surface area contributed by atoms with Crippen LogP contribution in [0, 0.1) is 19.7 Å². The standard InChI is InChI=1S/C28H31FN2O2S/c1-20-13-21(2)15-24(14-20)18-34-19-27(32)31(17-23-9-11-25(29)12-10-23)26(28(33)30-3)16-22-7-5-4-6-8-22/h4-15,26H,16-19H2,1-3H3,(H,30,33). The minimum absolute atomic E-state index is 0.122. The fourth-order valence-corrected chi connectivity index (χ4v) is 4.84. The molecule has 0 aliphatic rings. The van der Waals surface area contributed by atoms with Crippen molar-refractivity contribution in [3.05, 3.63) is 106 Å². The number of thioether (sulfide) groups is 1. The van der Waals surface area contributed by atoms with Crippen molar-refractivity contribution >= 4 is 23.6 Å². The Morgan fingerprint density at radius 3 is 2.18 bits per heavy atom. The molecule has 0 bridgehead atoms. The van der Waals surface area contributed by atoms with Crippen LogP contribution in [0.2, 0.25) is 0 Å². The Hall–Kier alpha value is -3.12. The van der Waals surface area contributed by atoms with E-state index in [1.54, 1.807) is 24.1 Å². The number of carbonyl (C=O) groups excluding carboxylic acids is 2. The van der Waals surface area contributed by atoms with Gasteiger partial charge in [0.1, 0.15) is 11.9 Å². The molecule has 1 N–H and O–H groups in total. The molecule has 6 heteroatoms. The van der Waals surface area contributed by atoms with Gasteiger partial charge in [-0.3, -0.25) is 9.59 Å². The van der Waals surface area contributed by atoms with Crippen molar-refractivity contribution in [2.45, 2.75) is 38.6 Å². The molecule has 4 nitrogen and oxygen atoms in total. The zero-order chi connectivity index (χ0) is 24.5. The van der Waals surface area contributed by atoms with E-state index in [1.807, 2.05) is 30.3 Å². The summed E-state index contributed by atoms with van der Waals surface area (Å²) in [5, 5.41) is 2.71. The Labute approximate surface area is 205 Å². The number of nitrogens with one attached hydrogen (secondary N) is 1. The fourth-order valence-electron chi connectivity index (χ4n) is 4.00. The Morgan fingerprint density at radius 1 is 0.912 bits per heavy atom. The first-order chi connectivity index (χ1) is 16.4. The average Bonchev–Trinajstić information content (AvgIpc) is 2.82. The SMILES string of the molecule is CNC(=O)C(Cc1ccccc1)N(Cc1ccc(F)cc1)C(=O)CSCc1cc(C)cc(C)c1. The first kappa shape index (κ1) is 25.5. The molecule has 0 heterocycles. The van der Waals surface area contributed by atoms with Gasteiger partial charge in [-0.1, -0.05) is 71.8 Å². The summed E-state index contributed by atoms with van der Waals surface area (Å²) in [4.78, 5) is 28.0. The van der Waals surface area contributed by atoms with Crippen molar-refractivity contribution in [1.82, 2.24) is 10.2 Å². The molecule has 0 radical (unpaired) electrons. The third kappa shape index (κ3) is 7.45. The lowest BCUT2D eigenvalue weighted by Gasteiger charge is -2.31. The van der Waals surface area contributed by atoms with Crippen molar-refractivity contribution in [2.24, 2.45) is 0 Å². The van der Waals surface area contributed by atoms with Crippen molar-refractivity contribution < 1.29 is 14.0 Å². The molecule has 3 aromatic carbocycles. The van der Waals surface area contributed by atoms with Crippen LogP contribution >= 0.6 is 11.8 Å². The number of likely N-dealkylation sites (N-methyl/N-ethyl adjacent to an activating group) is 1. The number of nitrogens with zero attached hydrogens (tertiary/aromatic N) is 1. The second kappa shape index (κ2) is 12.4. The zero-order valence-electron chi connectivity index (χ0n) is 19.9. The van der Waals surface area contributed by atoms with Gasteiger partial charge in [0.25, 0.3) is 0 Å². The normalized spacial score (nSPS) is 11.6. The summed E-state index contributed by atoms with van der Waals surface area (Å²) < 4.78 is 13.4. The molecule has 1 unspecified atom stereocenters. The molecule has 0 aromatic heterocycles. The highest BCUT2D eigenvalue weighted by atomic mass is 32.2. The predicted molar refractivity (Wildman–Crippen MR) is 137 cm³/mol. The van der Waals surface area contributed by atoms with E-state index in [0.29, 0.717) is 12.2 Å². The molecule has 3 aromatic rings. The third-order valence-electron chi connectivity index (χ3n) is 5.56. The summed E-state index contributed by atoms with van der Waals surface area (Å²) >= 11 is 1.53. The quantitative estimate of drug-likeness (QED) is 0.443. The highest BCUT2D eigenvalue weighted by Crippen LogP contribution is 2.20. The molecule has 0 spiro atoms. The maximum absolute atomic E-state index is 13.4. The van der Waals surface area contributed by atoms with E-state index >= 15 is 0 Å². The minimum Gasteiger partial charge on any atom is -0.357 e. The van der Waals surface area contributed by atoms with Crippen LogP contribution in [0.1, 0.15) is 27.8 Å². The van der Waals surface area contributed by atoms with Crippen molar-refractivity contribution in [3.63, 3.8) is 0 Å². The largest absolute Gasteiger partial charge is 0.357 e. The maximum atomic E-state index is 13.4. The second-order valence-electron chi connectivity index (χ2n) is 8.46. The molecule has 1 atom stereocenters. The van der Waals surface area contributed by atoms with Gasteiger partial charge in [-0.2, -0.15) is 0 Å². The number of hydrogen-bond acceptors (Lipinski definition) is 3. The number of carbonyl (C=O) groups is 2. The predicted octanol–water partition coefficient (Wildman–Crippen LogP) is 5.06. The topological polar surface area (TPSA) is 49.4 Å². The number of benzene rings is 3. The molecule has 0 fully saturated rings. The molecular formula is C28H31FN2O2S. The van der Waals surface area contributed by atoms with Crippen LogP contribution < -0.4 is 5.32 Å². The van der Waals surface area contributed by atoms with Crippen molar-refractivity contribution in [1.29, 1.82) is 0 Å². The summed E-state index contributed by atoms with van der Waals surface area (Å²) in [5.41, 5.74) is 5.31. The van der Waals surface area contributed by atoms with Gasteiger partial charge < -0.3 is 10.2 Å². The summed E-state index contributed by atoms with van der Waals surface area (Å²) in [7, 11) is 1.58. The minimum atomic E-state index is -0.674. The lowest BCUT2D eigenvalue weighted by Crippen LogP contribution is -2.50.